The lowest BCUT2D eigenvalue weighted by Crippen LogP contribution is -2.48. The van der Waals surface area contributed by atoms with Gasteiger partial charge in [0.15, 0.2) is 0 Å². The molecule has 1 amide bonds. The van der Waals surface area contributed by atoms with Crippen molar-refractivity contribution >= 4 is 5.91 Å². The van der Waals surface area contributed by atoms with Gasteiger partial charge >= 0.3 is 0 Å². The molecule has 4 heteroatoms. The molecule has 0 bridgehead atoms. The molecule has 1 heterocycles. The maximum atomic E-state index is 12.1. The number of ether oxygens (including phenoxy) is 1. The van der Waals surface area contributed by atoms with Crippen LogP contribution in [0.3, 0.4) is 0 Å². The van der Waals surface area contributed by atoms with Crippen molar-refractivity contribution in [3.05, 3.63) is 0 Å². The maximum Gasteiger partial charge on any atom is 0.239 e. The van der Waals surface area contributed by atoms with E-state index in [0.29, 0.717) is 6.54 Å². The fraction of sp³-hybridized carbons (Fsp3) is 0.917. The zero-order valence-electron chi connectivity index (χ0n) is 10.6. The fourth-order valence-electron chi connectivity index (χ4n) is 1.90. The first-order chi connectivity index (χ1) is 7.56. The highest BCUT2D eigenvalue weighted by Crippen LogP contribution is 2.12. The summed E-state index contributed by atoms with van der Waals surface area (Å²) < 4.78 is 5.52. The van der Waals surface area contributed by atoms with E-state index in [1.54, 1.807) is 0 Å². The first kappa shape index (κ1) is 13.5. The highest BCUT2D eigenvalue weighted by Gasteiger charge is 2.27. The van der Waals surface area contributed by atoms with Crippen molar-refractivity contribution in [2.24, 2.45) is 11.7 Å². The molecule has 1 rings (SSSR count). The lowest BCUT2D eigenvalue weighted by atomic mass is 9.99. The monoisotopic (exact) mass is 228 g/mol. The molecule has 1 aliphatic heterocycles. The molecule has 0 radical (unpaired) electrons. The number of carbonyl (C=O) groups excluding carboxylic acids is 1. The van der Waals surface area contributed by atoms with Crippen LogP contribution in [0.4, 0.5) is 0 Å². The molecule has 0 spiro atoms. The van der Waals surface area contributed by atoms with E-state index >= 15 is 0 Å². The van der Waals surface area contributed by atoms with Crippen LogP contribution in [0.25, 0.3) is 0 Å². The van der Waals surface area contributed by atoms with Gasteiger partial charge in [0, 0.05) is 19.7 Å². The molecule has 0 aromatic rings. The number of carbonyl (C=O) groups is 1. The van der Waals surface area contributed by atoms with Crippen molar-refractivity contribution in [2.45, 2.75) is 45.8 Å². The summed E-state index contributed by atoms with van der Waals surface area (Å²) in [4.78, 5) is 14.0. The second-order valence-corrected chi connectivity index (χ2v) is 4.73. The Kier molecular flexibility index (Phi) is 5.22. The molecule has 4 nitrogen and oxygen atoms in total. The van der Waals surface area contributed by atoms with Crippen LogP contribution in [0.15, 0.2) is 0 Å². The summed E-state index contributed by atoms with van der Waals surface area (Å²) in [7, 11) is 0. The van der Waals surface area contributed by atoms with Gasteiger partial charge < -0.3 is 15.4 Å². The number of nitrogens with zero attached hydrogens (tertiary/aromatic N) is 1. The maximum absolute atomic E-state index is 12.1. The van der Waals surface area contributed by atoms with Gasteiger partial charge in [-0.2, -0.15) is 0 Å². The van der Waals surface area contributed by atoms with Crippen molar-refractivity contribution in [1.82, 2.24) is 4.90 Å². The Morgan fingerprint density at radius 1 is 1.62 bits per heavy atom. The summed E-state index contributed by atoms with van der Waals surface area (Å²) in [5.41, 5.74) is 5.97. The van der Waals surface area contributed by atoms with E-state index in [9.17, 15) is 4.79 Å². The van der Waals surface area contributed by atoms with Crippen LogP contribution in [0.5, 0.6) is 0 Å². The minimum absolute atomic E-state index is 0.0756. The lowest BCUT2D eigenvalue weighted by Gasteiger charge is -2.27. The Morgan fingerprint density at radius 3 is 2.94 bits per heavy atom. The van der Waals surface area contributed by atoms with Crippen molar-refractivity contribution in [3.8, 4) is 0 Å². The van der Waals surface area contributed by atoms with Crippen molar-refractivity contribution in [1.29, 1.82) is 0 Å². The SMILES string of the molecule is CCC(C)C(N)C(=O)N1CCCOC(C)C1. The van der Waals surface area contributed by atoms with Crippen LogP contribution in [-0.2, 0) is 9.53 Å². The van der Waals surface area contributed by atoms with Gasteiger partial charge in [0.2, 0.25) is 5.91 Å². The van der Waals surface area contributed by atoms with Crippen LogP contribution in [0.1, 0.15) is 33.6 Å². The van der Waals surface area contributed by atoms with Crippen LogP contribution in [0, 0.1) is 5.92 Å². The van der Waals surface area contributed by atoms with Gasteiger partial charge in [-0.15, -0.1) is 0 Å². The van der Waals surface area contributed by atoms with Crippen LogP contribution in [-0.4, -0.2) is 42.6 Å². The minimum Gasteiger partial charge on any atom is -0.377 e. The van der Waals surface area contributed by atoms with E-state index < -0.39 is 0 Å². The van der Waals surface area contributed by atoms with Gasteiger partial charge in [-0.3, -0.25) is 4.79 Å². The zero-order chi connectivity index (χ0) is 12.1. The van der Waals surface area contributed by atoms with E-state index in [2.05, 4.69) is 6.92 Å². The summed E-state index contributed by atoms with van der Waals surface area (Å²) >= 11 is 0. The predicted octanol–water partition coefficient (Wildman–Crippen LogP) is 0.997. The highest BCUT2D eigenvalue weighted by molar-refractivity contribution is 5.82. The third-order valence-electron chi connectivity index (χ3n) is 3.31. The molecule has 16 heavy (non-hydrogen) atoms. The summed E-state index contributed by atoms with van der Waals surface area (Å²) in [6, 6.07) is -0.365. The molecule has 1 aliphatic rings. The standard InChI is InChI=1S/C12H24N2O2/c1-4-9(2)11(13)12(15)14-6-5-7-16-10(3)8-14/h9-11H,4-8,13H2,1-3H3. The molecule has 1 fully saturated rings. The van der Waals surface area contributed by atoms with Gasteiger partial charge in [0.1, 0.15) is 0 Å². The third kappa shape index (κ3) is 3.46. The van der Waals surface area contributed by atoms with E-state index in [1.807, 2.05) is 18.7 Å². The smallest absolute Gasteiger partial charge is 0.239 e. The number of amides is 1. The molecular weight excluding hydrogens is 204 g/mol. The normalized spacial score (nSPS) is 26.0. The van der Waals surface area contributed by atoms with Gasteiger partial charge in [0.05, 0.1) is 12.1 Å². The molecule has 0 saturated carbocycles. The average Bonchev–Trinajstić information content (AvgIpc) is 2.50. The molecule has 0 aromatic carbocycles. The van der Waals surface area contributed by atoms with E-state index in [1.165, 1.54) is 0 Å². The molecule has 0 aromatic heterocycles. The lowest BCUT2D eigenvalue weighted by molar-refractivity contribution is -0.134. The number of rotatable bonds is 3. The summed E-state index contributed by atoms with van der Waals surface area (Å²) in [6.07, 6.45) is 1.96. The van der Waals surface area contributed by atoms with Gasteiger partial charge in [0.25, 0.3) is 0 Å². The largest absolute Gasteiger partial charge is 0.377 e. The second kappa shape index (κ2) is 6.21. The topological polar surface area (TPSA) is 55.6 Å². The zero-order valence-corrected chi connectivity index (χ0v) is 10.6. The molecule has 0 aliphatic carbocycles. The molecule has 94 valence electrons. The Labute approximate surface area is 98.1 Å². The minimum atomic E-state index is -0.365. The summed E-state index contributed by atoms with van der Waals surface area (Å²) in [6.45, 7) is 8.27. The Balaban J connectivity index is 2.57. The second-order valence-electron chi connectivity index (χ2n) is 4.73. The molecule has 2 N–H and O–H groups in total. The molecule has 3 unspecified atom stereocenters. The Hall–Kier alpha value is -0.610. The number of nitrogens with two attached hydrogens (primary N) is 1. The van der Waals surface area contributed by atoms with Crippen LogP contribution >= 0.6 is 0 Å². The fourth-order valence-corrected chi connectivity index (χ4v) is 1.90. The van der Waals surface area contributed by atoms with Crippen molar-refractivity contribution < 1.29 is 9.53 Å². The average molecular weight is 228 g/mol. The van der Waals surface area contributed by atoms with Gasteiger partial charge in [-0.1, -0.05) is 20.3 Å². The van der Waals surface area contributed by atoms with Crippen molar-refractivity contribution in [2.75, 3.05) is 19.7 Å². The molecule has 1 saturated heterocycles. The van der Waals surface area contributed by atoms with Crippen LogP contribution in [0.2, 0.25) is 0 Å². The first-order valence-electron chi connectivity index (χ1n) is 6.22. The first-order valence-corrected chi connectivity index (χ1v) is 6.22. The van der Waals surface area contributed by atoms with Gasteiger partial charge in [-0.05, 0) is 19.3 Å². The van der Waals surface area contributed by atoms with E-state index in [4.69, 9.17) is 10.5 Å². The number of hydrogen-bond donors (Lipinski definition) is 1. The number of hydrogen-bond acceptors (Lipinski definition) is 3. The highest BCUT2D eigenvalue weighted by atomic mass is 16.5. The van der Waals surface area contributed by atoms with Gasteiger partial charge in [-0.25, -0.2) is 0 Å². The predicted molar refractivity (Wildman–Crippen MR) is 64.0 cm³/mol. The molecule has 3 atom stereocenters. The Bertz CT molecular complexity index is 233. The van der Waals surface area contributed by atoms with Crippen molar-refractivity contribution in [3.63, 3.8) is 0 Å². The van der Waals surface area contributed by atoms with Crippen LogP contribution < -0.4 is 5.73 Å². The summed E-state index contributed by atoms with van der Waals surface area (Å²) in [5.74, 6) is 0.318. The summed E-state index contributed by atoms with van der Waals surface area (Å²) in [5, 5.41) is 0. The quantitative estimate of drug-likeness (QED) is 0.784. The van der Waals surface area contributed by atoms with E-state index in [0.717, 1.165) is 26.0 Å². The Morgan fingerprint density at radius 2 is 2.31 bits per heavy atom. The molecular formula is C12H24N2O2. The third-order valence-corrected chi connectivity index (χ3v) is 3.31. The van der Waals surface area contributed by atoms with E-state index in [-0.39, 0.29) is 24.0 Å².